The first-order valence-corrected chi connectivity index (χ1v) is 6.54. The molecule has 1 heterocycles. The smallest absolute Gasteiger partial charge is 0.323 e. The maximum absolute atomic E-state index is 12.2. The Labute approximate surface area is 117 Å². The average molecular weight is 278 g/mol. The van der Waals surface area contributed by atoms with Crippen molar-refractivity contribution < 1.29 is 19.4 Å². The fourth-order valence-corrected chi connectivity index (χ4v) is 2.12. The molecule has 6 nitrogen and oxygen atoms in total. The van der Waals surface area contributed by atoms with Crippen molar-refractivity contribution in [2.45, 2.75) is 0 Å². The number of hydrogen-bond donors (Lipinski definition) is 1. The Morgan fingerprint density at radius 2 is 1.80 bits per heavy atom. The van der Waals surface area contributed by atoms with Crippen LogP contribution in [0.4, 0.5) is 5.69 Å². The Morgan fingerprint density at radius 1 is 1.15 bits per heavy atom. The van der Waals surface area contributed by atoms with Gasteiger partial charge in [0.05, 0.1) is 19.8 Å². The van der Waals surface area contributed by atoms with E-state index < -0.39 is 5.97 Å². The molecule has 1 aromatic rings. The molecule has 1 amide bonds. The highest BCUT2D eigenvalue weighted by atomic mass is 16.5. The van der Waals surface area contributed by atoms with Crippen LogP contribution in [0, 0.1) is 0 Å². The summed E-state index contributed by atoms with van der Waals surface area (Å²) in [4.78, 5) is 26.4. The number of carboxylic acids is 1. The Bertz CT molecular complexity index is 458. The molecule has 0 bridgehead atoms. The lowest BCUT2D eigenvalue weighted by Crippen LogP contribution is -2.46. The van der Waals surface area contributed by atoms with Gasteiger partial charge in [0.15, 0.2) is 0 Å². The molecule has 1 N–H and O–H groups in total. The third kappa shape index (κ3) is 3.96. The van der Waals surface area contributed by atoms with Crippen LogP contribution in [0.5, 0.6) is 0 Å². The normalized spacial score (nSPS) is 14.9. The first kappa shape index (κ1) is 14.3. The highest BCUT2D eigenvalue weighted by Crippen LogP contribution is 2.13. The summed E-state index contributed by atoms with van der Waals surface area (Å²) < 4.78 is 5.20. The van der Waals surface area contributed by atoms with Crippen molar-refractivity contribution in [2.75, 3.05) is 44.3 Å². The first-order valence-electron chi connectivity index (χ1n) is 6.54. The fraction of sp³-hybridized carbons (Fsp3) is 0.429. The number of carbonyl (C=O) groups is 2. The molecule has 0 radical (unpaired) electrons. The van der Waals surface area contributed by atoms with E-state index in [0.717, 1.165) is 5.69 Å². The Morgan fingerprint density at radius 3 is 2.40 bits per heavy atom. The van der Waals surface area contributed by atoms with Crippen molar-refractivity contribution in [2.24, 2.45) is 0 Å². The zero-order valence-electron chi connectivity index (χ0n) is 11.2. The van der Waals surface area contributed by atoms with Crippen molar-refractivity contribution in [3.05, 3.63) is 30.3 Å². The number of ether oxygens (including phenoxy) is 1. The number of amides is 1. The van der Waals surface area contributed by atoms with E-state index >= 15 is 0 Å². The highest BCUT2D eigenvalue weighted by molar-refractivity contribution is 5.84. The van der Waals surface area contributed by atoms with E-state index in [2.05, 4.69) is 0 Å². The number of rotatable bonds is 5. The molecule has 20 heavy (non-hydrogen) atoms. The zero-order valence-corrected chi connectivity index (χ0v) is 11.2. The molecular weight excluding hydrogens is 260 g/mol. The maximum atomic E-state index is 12.2. The van der Waals surface area contributed by atoms with E-state index in [-0.39, 0.29) is 19.0 Å². The summed E-state index contributed by atoms with van der Waals surface area (Å²) in [6.45, 7) is 2.07. The van der Waals surface area contributed by atoms with Crippen LogP contribution >= 0.6 is 0 Å². The standard InChI is InChI=1S/C14H18N2O4/c17-13(15-6-8-20-9-7-15)10-16(11-14(18)19)12-4-2-1-3-5-12/h1-5H,6-11H2,(H,18,19). The van der Waals surface area contributed by atoms with Crippen LogP contribution in [0.15, 0.2) is 30.3 Å². The van der Waals surface area contributed by atoms with Gasteiger partial charge in [-0.15, -0.1) is 0 Å². The van der Waals surface area contributed by atoms with E-state index in [9.17, 15) is 9.59 Å². The number of nitrogens with zero attached hydrogens (tertiary/aromatic N) is 2. The first-order chi connectivity index (χ1) is 9.66. The number of para-hydroxylation sites is 1. The maximum Gasteiger partial charge on any atom is 0.323 e. The molecule has 1 saturated heterocycles. The molecular formula is C14H18N2O4. The fourth-order valence-electron chi connectivity index (χ4n) is 2.12. The second kappa shape index (κ2) is 6.91. The Kier molecular flexibility index (Phi) is 4.95. The lowest BCUT2D eigenvalue weighted by molar-refractivity contribution is -0.135. The average Bonchev–Trinajstić information content (AvgIpc) is 2.48. The van der Waals surface area contributed by atoms with Gasteiger partial charge in [0, 0.05) is 18.8 Å². The molecule has 0 spiro atoms. The minimum absolute atomic E-state index is 0.0658. The van der Waals surface area contributed by atoms with E-state index in [0.29, 0.717) is 26.3 Å². The van der Waals surface area contributed by atoms with Crippen molar-refractivity contribution in [3.63, 3.8) is 0 Å². The lowest BCUT2D eigenvalue weighted by Gasteiger charge is -2.30. The van der Waals surface area contributed by atoms with Crippen LogP contribution in [0.3, 0.4) is 0 Å². The van der Waals surface area contributed by atoms with Gasteiger partial charge in [-0.05, 0) is 12.1 Å². The largest absolute Gasteiger partial charge is 0.480 e. The van der Waals surface area contributed by atoms with Gasteiger partial charge in [-0.1, -0.05) is 18.2 Å². The molecule has 1 aromatic carbocycles. The van der Waals surface area contributed by atoms with Crippen molar-refractivity contribution in [1.29, 1.82) is 0 Å². The van der Waals surface area contributed by atoms with Gasteiger partial charge in [0.2, 0.25) is 5.91 Å². The van der Waals surface area contributed by atoms with Crippen LogP contribution < -0.4 is 4.90 Å². The van der Waals surface area contributed by atoms with Crippen LogP contribution in [0.1, 0.15) is 0 Å². The summed E-state index contributed by atoms with van der Waals surface area (Å²) in [5, 5.41) is 8.98. The summed E-state index contributed by atoms with van der Waals surface area (Å²) in [5.74, 6) is -1.03. The summed E-state index contributed by atoms with van der Waals surface area (Å²) >= 11 is 0. The Balaban J connectivity index is 2.03. The number of benzene rings is 1. The molecule has 0 aliphatic carbocycles. The third-order valence-corrected chi connectivity index (χ3v) is 3.14. The number of carboxylic acid groups (broad SMARTS) is 1. The summed E-state index contributed by atoms with van der Waals surface area (Å²) in [7, 11) is 0. The molecule has 0 aromatic heterocycles. The van der Waals surface area contributed by atoms with Gasteiger partial charge in [-0.2, -0.15) is 0 Å². The number of carbonyl (C=O) groups excluding carboxylic acids is 1. The van der Waals surface area contributed by atoms with E-state index in [1.165, 1.54) is 0 Å². The number of aliphatic carboxylic acids is 1. The van der Waals surface area contributed by atoms with Crippen molar-refractivity contribution in [3.8, 4) is 0 Å². The summed E-state index contributed by atoms with van der Waals surface area (Å²) in [6.07, 6.45) is 0. The summed E-state index contributed by atoms with van der Waals surface area (Å²) in [6, 6.07) is 9.10. The van der Waals surface area contributed by atoms with Crippen LogP contribution in [-0.2, 0) is 14.3 Å². The topological polar surface area (TPSA) is 70.1 Å². The molecule has 108 valence electrons. The van der Waals surface area contributed by atoms with E-state index in [1.54, 1.807) is 21.9 Å². The number of morpholine rings is 1. The van der Waals surface area contributed by atoms with Gasteiger partial charge in [-0.3, -0.25) is 9.59 Å². The number of hydrogen-bond acceptors (Lipinski definition) is 4. The molecule has 0 unspecified atom stereocenters. The molecule has 1 aliphatic heterocycles. The molecule has 1 aliphatic rings. The second-order valence-electron chi connectivity index (χ2n) is 4.58. The molecule has 2 rings (SSSR count). The van der Waals surface area contributed by atoms with Crippen LogP contribution in [0.2, 0.25) is 0 Å². The van der Waals surface area contributed by atoms with Crippen molar-refractivity contribution in [1.82, 2.24) is 4.90 Å². The molecule has 0 atom stereocenters. The lowest BCUT2D eigenvalue weighted by atomic mass is 10.2. The zero-order chi connectivity index (χ0) is 14.4. The predicted molar refractivity (Wildman–Crippen MR) is 73.7 cm³/mol. The number of anilines is 1. The summed E-state index contributed by atoms with van der Waals surface area (Å²) in [5.41, 5.74) is 0.733. The molecule has 6 heteroatoms. The molecule has 1 fully saturated rings. The van der Waals surface area contributed by atoms with E-state index in [4.69, 9.17) is 9.84 Å². The quantitative estimate of drug-likeness (QED) is 0.846. The third-order valence-electron chi connectivity index (χ3n) is 3.14. The monoisotopic (exact) mass is 278 g/mol. The predicted octanol–water partition coefficient (Wildman–Crippen LogP) is 0.436. The van der Waals surface area contributed by atoms with Gasteiger partial charge in [-0.25, -0.2) is 0 Å². The van der Waals surface area contributed by atoms with Gasteiger partial charge in [0.25, 0.3) is 0 Å². The SMILES string of the molecule is O=C(O)CN(CC(=O)N1CCOCC1)c1ccccc1. The van der Waals surface area contributed by atoms with Gasteiger partial charge in [0.1, 0.15) is 6.54 Å². The molecule has 0 saturated carbocycles. The van der Waals surface area contributed by atoms with Crippen molar-refractivity contribution >= 4 is 17.6 Å². The van der Waals surface area contributed by atoms with E-state index in [1.807, 2.05) is 18.2 Å². The van der Waals surface area contributed by atoms with Crippen LogP contribution in [-0.4, -0.2) is 61.3 Å². The minimum atomic E-state index is -0.955. The highest BCUT2D eigenvalue weighted by Gasteiger charge is 2.21. The second-order valence-corrected chi connectivity index (χ2v) is 4.58. The minimum Gasteiger partial charge on any atom is -0.480 e. The Hall–Kier alpha value is -2.08. The van der Waals surface area contributed by atoms with Gasteiger partial charge < -0.3 is 19.6 Å². The van der Waals surface area contributed by atoms with Gasteiger partial charge >= 0.3 is 5.97 Å². The van der Waals surface area contributed by atoms with Crippen LogP contribution in [0.25, 0.3) is 0 Å².